The van der Waals surface area contributed by atoms with Crippen molar-refractivity contribution in [3.05, 3.63) is 64.7 Å². The van der Waals surface area contributed by atoms with Crippen LogP contribution in [-0.4, -0.2) is 12.6 Å². The summed E-state index contributed by atoms with van der Waals surface area (Å²) in [5.74, 6) is -0.530. The van der Waals surface area contributed by atoms with Gasteiger partial charge in [0.05, 0.1) is 11.1 Å². The van der Waals surface area contributed by atoms with E-state index in [1.54, 1.807) is 0 Å². The van der Waals surface area contributed by atoms with Crippen LogP contribution in [-0.2, 0) is 15.7 Å². The fourth-order valence-corrected chi connectivity index (χ4v) is 2.73. The summed E-state index contributed by atoms with van der Waals surface area (Å²) >= 11 is 4.32. The lowest BCUT2D eigenvalue weighted by molar-refractivity contribution is -0.137. The highest BCUT2D eigenvalue weighted by Gasteiger charge is 2.31. The maximum absolute atomic E-state index is 12.7. The van der Waals surface area contributed by atoms with Gasteiger partial charge in [0.25, 0.3) is 0 Å². The Morgan fingerprint density at radius 3 is 2.25 bits per heavy atom. The summed E-state index contributed by atoms with van der Waals surface area (Å²) in [6.45, 7) is 1.99. The van der Waals surface area contributed by atoms with E-state index < -0.39 is 17.7 Å². The second kappa shape index (κ2) is 6.02. The molecule has 0 N–H and O–H groups in total. The van der Waals surface area contributed by atoms with Crippen molar-refractivity contribution in [3.8, 4) is 0 Å². The summed E-state index contributed by atoms with van der Waals surface area (Å²) in [5, 5.41) is 0. The number of halogens is 3. The first-order chi connectivity index (χ1) is 11.3. The Balaban J connectivity index is 2.08. The number of rotatable bonds is 2. The molecule has 0 spiro atoms. The van der Waals surface area contributed by atoms with Crippen molar-refractivity contribution in [2.75, 3.05) is 6.61 Å². The van der Waals surface area contributed by atoms with Gasteiger partial charge in [0.15, 0.2) is 0 Å². The molecule has 0 saturated carbocycles. The predicted molar refractivity (Wildman–Crippen MR) is 87.6 cm³/mol. The van der Waals surface area contributed by atoms with E-state index >= 15 is 0 Å². The Hall–Kier alpha value is -2.21. The van der Waals surface area contributed by atoms with E-state index in [-0.39, 0.29) is 6.61 Å². The number of esters is 1. The highest BCUT2D eigenvalue weighted by molar-refractivity contribution is 7.80. The second-order valence-corrected chi connectivity index (χ2v) is 5.99. The third kappa shape index (κ3) is 3.06. The zero-order valence-electron chi connectivity index (χ0n) is 12.6. The van der Waals surface area contributed by atoms with Gasteiger partial charge in [-0.05, 0) is 41.8 Å². The summed E-state index contributed by atoms with van der Waals surface area (Å²) in [5.41, 5.74) is 2.36. The summed E-state index contributed by atoms with van der Waals surface area (Å²) in [6.07, 6.45) is -4.41. The SMILES string of the molecule is Cc1cc(C2=C(c3ccc(C(F)(F)F)cc3)C(=O)OC2)ccc1S. The molecular formula is C18H13F3O2S. The van der Waals surface area contributed by atoms with Crippen molar-refractivity contribution in [2.24, 2.45) is 0 Å². The van der Waals surface area contributed by atoms with Gasteiger partial charge in [-0.2, -0.15) is 13.2 Å². The molecule has 2 nitrogen and oxygen atoms in total. The zero-order valence-corrected chi connectivity index (χ0v) is 13.5. The van der Waals surface area contributed by atoms with Crippen LogP contribution in [0.15, 0.2) is 47.4 Å². The molecular weight excluding hydrogens is 337 g/mol. The first-order valence-corrected chi connectivity index (χ1v) is 7.60. The molecule has 0 bridgehead atoms. The van der Waals surface area contributed by atoms with Crippen LogP contribution in [0.5, 0.6) is 0 Å². The van der Waals surface area contributed by atoms with Crippen molar-refractivity contribution < 1.29 is 22.7 Å². The van der Waals surface area contributed by atoms with Crippen LogP contribution in [0.25, 0.3) is 11.1 Å². The molecule has 0 aromatic heterocycles. The average molecular weight is 350 g/mol. The summed E-state index contributed by atoms with van der Waals surface area (Å²) in [7, 11) is 0. The number of aryl methyl sites for hydroxylation is 1. The molecule has 1 heterocycles. The first kappa shape index (κ1) is 16.6. The lowest BCUT2D eigenvalue weighted by atomic mass is 9.95. The molecule has 6 heteroatoms. The van der Waals surface area contributed by atoms with Gasteiger partial charge in [0.2, 0.25) is 0 Å². The quantitative estimate of drug-likeness (QED) is 0.624. The number of thiol groups is 1. The maximum Gasteiger partial charge on any atom is 0.416 e. The fraction of sp³-hybridized carbons (Fsp3) is 0.167. The van der Waals surface area contributed by atoms with Gasteiger partial charge in [-0.15, -0.1) is 12.6 Å². The summed E-state index contributed by atoms with van der Waals surface area (Å²) in [6, 6.07) is 10.0. The van der Waals surface area contributed by atoms with E-state index in [1.807, 2.05) is 25.1 Å². The highest BCUT2D eigenvalue weighted by Crippen LogP contribution is 2.35. The Bertz CT molecular complexity index is 836. The summed E-state index contributed by atoms with van der Waals surface area (Å²) in [4.78, 5) is 12.9. The van der Waals surface area contributed by atoms with Crippen LogP contribution in [0, 0.1) is 6.92 Å². The van der Waals surface area contributed by atoms with Crippen LogP contribution in [0.2, 0.25) is 0 Å². The number of alkyl halides is 3. The number of carbonyl (C=O) groups excluding carboxylic acids is 1. The summed E-state index contributed by atoms with van der Waals surface area (Å²) < 4.78 is 43.2. The van der Waals surface area contributed by atoms with E-state index in [0.717, 1.165) is 28.2 Å². The molecule has 0 saturated heterocycles. The van der Waals surface area contributed by atoms with Crippen LogP contribution in [0.4, 0.5) is 13.2 Å². The minimum absolute atomic E-state index is 0.0978. The van der Waals surface area contributed by atoms with Gasteiger partial charge in [0.1, 0.15) is 6.61 Å². The van der Waals surface area contributed by atoms with Gasteiger partial charge < -0.3 is 4.74 Å². The lowest BCUT2D eigenvalue weighted by Crippen LogP contribution is -2.05. The lowest BCUT2D eigenvalue weighted by Gasteiger charge is -2.09. The molecule has 0 amide bonds. The van der Waals surface area contributed by atoms with Crippen LogP contribution >= 0.6 is 12.6 Å². The topological polar surface area (TPSA) is 26.3 Å². The smallest absolute Gasteiger partial charge is 0.416 e. The van der Waals surface area contributed by atoms with Gasteiger partial charge >= 0.3 is 12.1 Å². The standard InChI is InChI=1S/C18H13F3O2S/c1-10-8-12(4-7-15(10)24)14-9-23-17(22)16(14)11-2-5-13(6-3-11)18(19,20)21/h2-8,24H,9H2,1H3. The van der Waals surface area contributed by atoms with Crippen molar-refractivity contribution in [2.45, 2.75) is 18.0 Å². The number of carbonyl (C=O) groups is 1. The van der Waals surface area contributed by atoms with Crippen molar-refractivity contribution in [1.82, 2.24) is 0 Å². The highest BCUT2D eigenvalue weighted by atomic mass is 32.1. The molecule has 0 aliphatic carbocycles. The molecule has 3 rings (SSSR count). The van der Waals surface area contributed by atoms with E-state index in [4.69, 9.17) is 4.74 Å². The van der Waals surface area contributed by atoms with E-state index in [1.165, 1.54) is 12.1 Å². The van der Waals surface area contributed by atoms with E-state index in [9.17, 15) is 18.0 Å². The van der Waals surface area contributed by atoms with Gasteiger partial charge in [-0.25, -0.2) is 4.79 Å². The number of hydrogen-bond donors (Lipinski definition) is 1. The predicted octanol–water partition coefficient (Wildman–Crippen LogP) is 4.77. The third-order valence-corrected chi connectivity index (χ3v) is 4.40. The molecule has 124 valence electrons. The van der Waals surface area contributed by atoms with E-state index in [0.29, 0.717) is 16.7 Å². The van der Waals surface area contributed by atoms with Crippen molar-refractivity contribution >= 4 is 29.7 Å². The number of hydrogen-bond acceptors (Lipinski definition) is 3. The van der Waals surface area contributed by atoms with E-state index in [2.05, 4.69) is 12.6 Å². The van der Waals surface area contributed by atoms with Crippen LogP contribution < -0.4 is 0 Å². The molecule has 0 radical (unpaired) electrons. The third-order valence-electron chi connectivity index (χ3n) is 3.90. The fourth-order valence-electron chi connectivity index (χ4n) is 2.59. The van der Waals surface area contributed by atoms with Crippen molar-refractivity contribution in [1.29, 1.82) is 0 Å². The Labute approximate surface area is 142 Å². The Kier molecular flexibility index (Phi) is 4.17. The van der Waals surface area contributed by atoms with Gasteiger partial charge in [-0.1, -0.05) is 24.3 Å². The van der Waals surface area contributed by atoms with Crippen molar-refractivity contribution in [3.63, 3.8) is 0 Å². The largest absolute Gasteiger partial charge is 0.457 e. The Morgan fingerprint density at radius 1 is 1.04 bits per heavy atom. The Morgan fingerprint density at radius 2 is 1.67 bits per heavy atom. The molecule has 1 aliphatic rings. The monoisotopic (exact) mass is 350 g/mol. The van der Waals surface area contributed by atoms with Gasteiger partial charge in [-0.3, -0.25) is 0 Å². The number of cyclic esters (lactones) is 1. The first-order valence-electron chi connectivity index (χ1n) is 7.15. The minimum atomic E-state index is -4.41. The molecule has 24 heavy (non-hydrogen) atoms. The average Bonchev–Trinajstić information content (AvgIpc) is 2.91. The maximum atomic E-state index is 12.7. The number of benzene rings is 2. The molecule has 2 aromatic carbocycles. The second-order valence-electron chi connectivity index (χ2n) is 5.51. The molecule has 0 fully saturated rings. The van der Waals surface area contributed by atoms with Gasteiger partial charge in [0, 0.05) is 10.5 Å². The normalized spacial score (nSPS) is 15.0. The van der Waals surface area contributed by atoms with Crippen LogP contribution in [0.1, 0.15) is 22.3 Å². The zero-order chi connectivity index (χ0) is 17.5. The molecule has 2 aromatic rings. The number of ether oxygens (including phenoxy) is 1. The minimum Gasteiger partial charge on any atom is -0.457 e. The molecule has 0 atom stereocenters. The molecule has 0 unspecified atom stereocenters. The molecule has 1 aliphatic heterocycles. The van der Waals surface area contributed by atoms with Crippen LogP contribution in [0.3, 0.4) is 0 Å².